The van der Waals surface area contributed by atoms with Gasteiger partial charge in [0.15, 0.2) is 0 Å². The van der Waals surface area contributed by atoms with Gasteiger partial charge in [-0.15, -0.1) is 0 Å². The number of hydrogen-bond donors (Lipinski definition) is 0. The van der Waals surface area contributed by atoms with Gasteiger partial charge < -0.3 is 4.90 Å². The Balaban J connectivity index is 1.96. The van der Waals surface area contributed by atoms with E-state index < -0.39 is 0 Å². The molecule has 1 unspecified atom stereocenters. The monoisotopic (exact) mass is 396 g/mol. The lowest BCUT2D eigenvalue weighted by Crippen LogP contribution is -2.24. The number of nitrogens with zero attached hydrogens (tertiary/aromatic N) is 4. The van der Waals surface area contributed by atoms with E-state index in [1.165, 1.54) is 0 Å². The molecule has 0 aliphatic carbocycles. The van der Waals surface area contributed by atoms with Crippen LogP contribution in [-0.2, 0) is 6.54 Å². The molecule has 0 radical (unpaired) electrons. The molecule has 4 nitrogen and oxygen atoms in total. The van der Waals surface area contributed by atoms with Crippen molar-refractivity contribution in [2.45, 2.75) is 46.2 Å². The molecular weight excluding hydrogens is 376 g/mol. The maximum atomic E-state index is 6.68. The molecule has 0 N–H and O–H groups in total. The van der Waals surface area contributed by atoms with Gasteiger partial charge in [-0.05, 0) is 53.7 Å². The van der Waals surface area contributed by atoms with Gasteiger partial charge in [0.1, 0.15) is 15.6 Å². The van der Waals surface area contributed by atoms with Gasteiger partial charge in [-0.3, -0.25) is 4.68 Å². The zero-order valence-corrected chi connectivity index (χ0v) is 16.1. The molecule has 3 rings (SSSR count). The summed E-state index contributed by atoms with van der Waals surface area (Å²) in [6.07, 6.45) is 2.23. The largest absolute Gasteiger partial charge is 0.349 e. The normalized spacial score (nSPS) is 18.2. The molecule has 0 saturated carbocycles. The van der Waals surface area contributed by atoms with E-state index in [9.17, 15) is 0 Å². The van der Waals surface area contributed by atoms with Crippen molar-refractivity contribution >= 4 is 33.3 Å². The van der Waals surface area contributed by atoms with Crippen LogP contribution in [0.3, 0.4) is 0 Å². The first kappa shape index (κ1) is 16.8. The number of anilines is 1. The van der Waals surface area contributed by atoms with Crippen LogP contribution < -0.4 is 4.90 Å². The fourth-order valence-corrected chi connectivity index (χ4v) is 4.01. The van der Waals surface area contributed by atoms with Crippen molar-refractivity contribution < 1.29 is 0 Å². The highest BCUT2D eigenvalue weighted by atomic mass is 79.9. The highest BCUT2D eigenvalue weighted by Gasteiger charge is 2.32. The van der Waals surface area contributed by atoms with Crippen LogP contribution in [0.5, 0.6) is 0 Å². The van der Waals surface area contributed by atoms with Gasteiger partial charge in [0.05, 0.1) is 11.7 Å². The molecule has 6 heteroatoms. The standard InChI is InChI=1S/C17H22BrClN4/c1-11(2)10-23-17(19)16(12(3)21-23)13-6-5-9-22(13)15-8-4-7-14(18)20-15/h4,7-8,11,13H,5-6,9-10H2,1-3H3. The fourth-order valence-electron chi connectivity index (χ4n) is 3.31. The zero-order valence-electron chi connectivity index (χ0n) is 13.8. The molecule has 0 spiro atoms. The van der Waals surface area contributed by atoms with Crippen LogP contribution in [0, 0.1) is 12.8 Å². The van der Waals surface area contributed by atoms with Gasteiger partial charge in [0.2, 0.25) is 0 Å². The average Bonchev–Trinajstić information content (AvgIpc) is 3.04. The van der Waals surface area contributed by atoms with Crippen LogP contribution in [0.2, 0.25) is 5.15 Å². The lowest BCUT2D eigenvalue weighted by molar-refractivity contribution is 0.481. The molecule has 1 saturated heterocycles. The molecule has 1 atom stereocenters. The fraction of sp³-hybridized carbons (Fsp3) is 0.529. The van der Waals surface area contributed by atoms with Gasteiger partial charge in [-0.25, -0.2) is 4.98 Å². The lowest BCUT2D eigenvalue weighted by Gasteiger charge is -2.26. The number of rotatable bonds is 4. The van der Waals surface area contributed by atoms with Crippen molar-refractivity contribution in [1.29, 1.82) is 0 Å². The molecule has 2 aromatic rings. The molecule has 2 aromatic heterocycles. The summed E-state index contributed by atoms with van der Waals surface area (Å²) in [7, 11) is 0. The minimum atomic E-state index is 0.255. The molecular formula is C17H22BrClN4. The number of pyridine rings is 1. The number of aryl methyl sites for hydroxylation is 1. The van der Waals surface area contributed by atoms with Crippen molar-refractivity contribution in [3.63, 3.8) is 0 Å². The van der Waals surface area contributed by atoms with E-state index in [2.05, 4.69) is 57.8 Å². The predicted octanol–water partition coefficient (Wildman–Crippen LogP) is 5.00. The Morgan fingerprint density at radius 2 is 2.17 bits per heavy atom. The zero-order chi connectivity index (χ0) is 16.6. The van der Waals surface area contributed by atoms with E-state index in [4.69, 9.17) is 11.6 Å². The molecule has 1 aliphatic heterocycles. The third kappa shape index (κ3) is 3.41. The Morgan fingerprint density at radius 3 is 2.87 bits per heavy atom. The smallest absolute Gasteiger partial charge is 0.132 e. The van der Waals surface area contributed by atoms with Crippen molar-refractivity contribution in [3.8, 4) is 0 Å². The minimum absolute atomic E-state index is 0.255. The summed E-state index contributed by atoms with van der Waals surface area (Å²) in [5, 5.41) is 5.45. The van der Waals surface area contributed by atoms with E-state index in [1.807, 2.05) is 16.8 Å². The Hall–Kier alpha value is -1.07. The number of aromatic nitrogens is 3. The Labute approximate surface area is 151 Å². The Bertz CT molecular complexity index is 698. The third-order valence-electron chi connectivity index (χ3n) is 4.23. The first-order chi connectivity index (χ1) is 11.0. The number of hydrogen-bond acceptors (Lipinski definition) is 3. The highest BCUT2D eigenvalue weighted by Crippen LogP contribution is 2.40. The molecule has 1 fully saturated rings. The van der Waals surface area contributed by atoms with Crippen LogP contribution in [0.4, 0.5) is 5.82 Å². The molecule has 23 heavy (non-hydrogen) atoms. The molecule has 0 bridgehead atoms. The summed E-state index contributed by atoms with van der Waals surface area (Å²) in [4.78, 5) is 6.97. The summed E-state index contributed by atoms with van der Waals surface area (Å²) < 4.78 is 2.81. The summed E-state index contributed by atoms with van der Waals surface area (Å²) >= 11 is 10.1. The quantitative estimate of drug-likeness (QED) is 0.681. The van der Waals surface area contributed by atoms with Gasteiger partial charge in [-0.2, -0.15) is 5.10 Å². The molecule has 3 heterocycles. The third-order valence-corrected chi connectivity index (χ3v) is 5.07. The maximum absolute atomic E-state index is 6.68. The van der Waals surface area contributed by atoms with E-state index in [0.717, 1.165) is 52.8 Å². The first-order valence-electron chi connectivity index (χ1n) is 8.09. The molecule has 124 valence electrons. The highest BCUT2D eigenvalue weighted by molar-refractivity contribution is 9.10. The van der Waals surface area contributed by atoms with Gasteiger partial charge in [0.25, 0.3) is 0 Å². The van der Waals surface area contributed by atoms with Gasteiger partial charge >= 0.3 is 0 Å². The number of halogens is 2. The average molecular weight is 398 g/mol. The predicted molar refractivity (Wildman–Crippen MR) is 98.1 cm³/mol. The minimum Gasteiger partial charge on any atom is -0.349 e. The van der Waals surface area contributed by atoms with Crippen LogP contribution in [0.1, 0.15) is 44.0 Å². The van der Waals surface area contributed by atoms with Crippen molar-refractivity contribution in [2.75, 3.05) is 11.4 Å². The molecule has 0 aromatic carbocycles. The van der Waals surface area contributed by atoms with Crippen LogP contribution in [0.15, 0.2) is 22.8 Å². The molecule has 1 aliphatic rings. The molecule has 0 amide bonds. The second-order valence-corrected chi connectivity index (χ2v) is 7.71. The van der Waals surface area contributed by atoms with E-state index >= 15 is 0 Å². The van der Waals surface area contributed by atoms with Crippen molar-refractivity contribution in [3.05, 3.63) is 39.2 Å². The topological polar surface area (TPSA) is 34.0 Å². The summed E-state index contributed by atoms with van der Waals surface area (Å²) in [6, 6.07) is 6.29. The summed E-state index contributed by atoms with van der Waals surface area (Å²) in [5.74, 6) is 1.51. The maximum Gasteiger partial charge on any atom is 0.132 e. The first-order valence-corrected chi connectivity index (χ1v) is 9.26. The van der Waals surface area contributed by atoms with E-state index in [0.29, 0.717) is 5.92 Å². The lowest BCUT2D eigenvalue weighted by atomic mass is 10.1. The van der Waals surface area contributed by atoms with Crippen LogP contribution in [-0.4, -0.2) is 21.3 Å². The van der Waals surface area contributed by atoms with E-state index in [1.54, 1.807) is 0 Å². The second kappa shape index (κ2) is 6.81. The van der Waals surface area contributed by atoms with Crippen LogP contribution in [0.25, 0.3) is 0 Å². The van der Waals surface area contributed by atoms with Crippen molar-refractivity contribution in [2.24, 2.45) is 5.92 Å². The Kier molecular flexibility index (Phi) is 4.97. The van der Waals surface area contributed by atoms with Crippen LogP contribution >= 0.6 is 27.5 Å². The van der Waals surface area contributed by atoms with E-state index in [-0.39, 0.29) is 6.04 Å². The Morgan fingerprint density at radius 1 is 1.39 bits per heavy atom. The van der Waals surface area contributed by atoms with Gasteiger partial charge in [0, 0.05) is 18.7 Å². The van der Waals surface area contributed by atoms with Gasteiger partial charge in [-0.1, -0.05) is 31.5 Å². The second-order valence-electron chi connectivity index (χ2n) is 6.54. The SMILES string of the molecule is Cc1nn(CC(C)C)c(Cl)c1C1CCCN1c1cccc(Br)n1. The summed E-state index contributed by atoms with van der Waals surface area (Å²) in [5.41, 5.74) is 2.19. The summed E-state index contributed by atoms with van der Waals surface area (Å²) in [6.45, 7) is 8.27. The van der Waals surface area contributed by atoms with Crippen molar-refractivity contribution in [1.82, 2.24) is 14.8 Å².